The Morgan fingerprint density at radius 1 is 1.11 bits per heavy atom. The predicted octanol–water partition coefficient (Wildman–Crippen LogP) is 3.35. The Kier molecular flexibility index (Phi) is 6.64. The lowest BCUT2D eigenvalue weighted by atomic mass is 10.2. The fraction of sp³-hybridized carbons (Fsp3) is 0.467. The van der Waals surface area contributed by atoms with Crippen LogP contribution in [0.1, 0.15) is 49.9 Å². The van der Waals surface area contributed by atoms with E-state index in [1.807, 2.05) is 0 Å². The van der Waals surface area contributed by atoms with Gasteiger partial charge in [0.05, 0.1) is 6.61 Å². The summed E-state index contributed by atoms with van der Waals surface area (Å²) in [4.78, 5) is 23.2. The van der Waals surface area contributed by atoms with E-state index < -0.39 is 5.97 Å². The van der Waals surface area contributed by atoms with Crippen LogP contribution in [0.15, 0.2) is 24.3 Å². The Labute approximate surface area is 113 Å². The molecule has 0 unspecified atom stereocenters. The maximum Gasteiger partial charge on any atom is 0.341 e. The molecule has 4 nitrogen and oxygen atoms in total. The van der Waals surface area contributed by atoms with Gasteiger partial charge in [-0.15, -0.1) is 0 Å². The smallest absolute Gasteiger partial charge is 0.341 e. The van der Waals surface area contributed by atoms with E-state index in [4.69, 9.17) is 9.47 Å². The van der Waals surface area contributed by atoms with Crippen LogP contribution in [0.25, 0.3) is 0 Å². The van der Waals surface area contributed by atoms with Crippen LogP contribution in [0.4, 0.5) is 0 Å². The van der Waals surface area contributed by atoms with Gasteiger partial charge in [0.1, 0.15) is 11.3 Å². The molecule has 0 aliphatic heterocycles. The van der Waals surface area contributed by atoms with E-state index in [0.717, 1.165) is 19.3 Å². The fourth-order valence-corrected chi connectivity index (χ4v) is 1.51. The van der Waals surface area contributed by atoms with Gasteiger partial charge in [-0.3, -0.25) is 4.79 Å². The summed E-state index contributed by atoms with van der Waals surface area (Å²) in [6.45, 7) is 4.18. The molecule has 1 rings (SSSR count). The van der Waals surface area contributed by atoms with Crippen molar-refractivity contribution in [2.24, 2.45) is 0 Å². The average molecular weight is 264 g/mol. The van der Waals surface area contributed by atoms with Gasteiger partial charge >= 0.3 is 11.9 Å². The molecular formula is C15H20O4. The van der Waals surface area contributed by atoms with Gasteiger partial charge in [-0.25, -0.2) is 4.79 Å². The molecule has 0 radical (unpaired) electrons. The van der Waals surface area contributed by atoms with Crippen LogP contribution in [0, 0.1) is 0 Å². The number of carbonyl (C=O) groups is 2. The number of hydrogen-bond acceptors (Lipinski definition) is 4. The summed E-state index contributed by atoms with van der Waals surface area (Å²) in [5, 5.41) is 0. The molecule has 0 atom stereocenters. The second-order valence-corrected chi connectivity index (χ2v) is 4.17. The Morgan fingerprint density at radius 3 is 2.53 bits per heavy atom. The number of unbranched alkanes of at least 4 members (excludes halogenated alkanes) is 2. The van der Waals surface area contributed by atoms with Crippen LogP contribution in [-0.2, 0) is 9.53 Å². The van der Waals surface area contributed by atoms with E-state index in [1.165, 1.54) is 0 Å². The molecular weight excluding hydrogens is 244 g/mol. The first kappa shape index (κ1) is 15.2. The summed E-state index contributed by atoms with van der Waals surface area (Å²) in [6, 6.07) is 6.62. The van der Waals surface area contributed by atoms with Crippen molar-refractivity contribution in [1.29, 1.82) is 0 Å². The minimum Gasteiger partial charge on any atom is -0.462 e. The second kappa shape index (κ2) is 8.29. The molecule has 0 saturated heterocycles. The van der Waals surface area contributed by atoms with Crippen molar-refractivity contribution in [3.63, 3.8) is 0 Å². The summed E-state index contributed by atoms with van der Waals surface area (Å²) in [6.07, 6.45) is 3.21. The van der Waals surface area contributed by atoms with Gasteiger partial charge in [-0.05, 0) is 18.6 Å². The van der Waals surface area contributed by atoms with Crippen molar-refractivity contribution in [3.05, 3.63) is 29.8 Å². The Balaban J connectivity index is 2.65. The number of esters is 2. The molecule has 1 aromatic carbocycles. The summed E-state index contributed by atoms with van der Waals surface area (Å²) >= 11 is 0. The van der Waals surface area contributed by atoms with E-state index in [2.05, 4.69) is 6.92 Å². The third-order valence-electron chi connectivity index (χ3n) is 2.60. The number of para-hydroxylation sites is 1. The molecule has 104 valence electrons. The lowest BCUT2D eigenvalue weighted by molar-refractivity contribution is -0.134. The van der Waals surface area contributed by atoms with Crippen LogP contribution in [-0.4, -0.2) is 18.5 Å². The monoisotopic (exact) mass is 264 g/mol. The molecule has 0 aliphatic rings. The predicted molar refractivity (Wildman–Crippen MR) is 72.2 cm³/mol. The zero-order valence-corrected chi connectivity index (χ0v) is 11.5. The molecule has 0 heterocycles. The van der Waals surface area contributed by atoms with E-state index in [0.29, 0.717) is 12.2 Å². The molecule has 1 aromatic rings. The van der Waals surface area contributed by atoms with E-state index in [-0.39, 0.29) is 18.1 Å². The highest BCUT2D eigenvalue weighted by molar-refractivity contribution is 5.93. The molecule has 0 aromatic heterocycles. The van der Waals surface area contributed by atoms with Crippen LogP contribution >= 0.6 is 0 Å². The molecule has 19 heavy (non-hydrogen) atoms. The highest BCUT2D eigenvalue weighted by Gasteiger charge is 2.15. The quantitative estimate of drug-likeness (QED) is 0.430. The highest BCUT2D eigenvalue weighted by atomic mass is 16.5. The van der Waals surface area contributed by atoms with Crippen LogP contribution in [0.5, 0.6) is 5.75 Å². The van der Waals surface area contributed by atoms with Crippen LogP contribution in [0.2, 0.25) is 0 Å². The zero-order chi connectivity index (χ0) is 14.1. The Hall–Kier alpha value is -1.84. The lowest BCUT2D eigenvalue weighted by Gasteiger charge is -2.09. The molecule has 0 saturated carbocycles. The molecule has 0 N–H and O–H groups in total. The number of carbonyl (C=O) groups excluding carboxylic acids is 2. The Bertz CT molecular complexity index is 426. The number of ether oxygens (including phenoxy) is 2. The maximum absolute atomic E-state index is 11.9. The van der Waals surface area contributed by atoms with Crippen molar-refractivity contribution in [1.82, 2.24) is 0 Å². The largest absolute Gasteiger partial charge is 0.462 e. The van der Waals surface area contributed by atoms with Gasteiger partial charge in [0.15, 0.2) is 0 Å². The van der Waals surface area contributed by atoms with Gasteiger partial charge in [-0.1, -0.05) is 38.8 Å². The van der Waals surface area contributed by atoms with Crippen molar-refractivity contribution in [3.8, 4) is 5.75 Å². The van der Waals surface area contributed by atoms with Gasteiger partial charge in [0.2, 0.25) is 0 Å². The molecule has 0 spiro atoms. The normalized spacial score (nSPS) is 10.0. The van der Waals surface area contributed by atoms with Gasteiger partial charge in [-0.2, -0.15) is 0 Å². The summed E-state index contributed by atoms with van der Waals surface area (Å²) < 4.78 is 10.3. The standard InChI is InChI=1S/C15H20O4/c1-3-5-8-11-18-15(17)12-9-6-7-10-13(12)19-14(16)4-2/h6-7,9-10H,3-5,8,11H2,1-2H3. The maximum atomic E-state index is 11.9. The molecule has 4 heteroatoms. The SMILES string of the molecule is CCCCCOC(=O)c1ccccc1OC(=O)CC. The number of hydrogen-bond donors (Lipinski definition) is 0. The van der Waals surface area contributed by atoms with Crippen LogP contribution < -0.4 is 4.74 Å². The molecule has 0 aliphatic carbocycles. The van der Waals surface area contributed by atoms with Crippen LogP contribution in [0.3, 0.4) is 0 Å². The first-order valence-electron chi connectivity index (χ1n) is 6.65. The minimum absolute atomic E-state index is 0.259. The Morgan fingerprint density at radius 2 is 1.84 bits per heavy atom. The lowest BCUT2D eigenvalue weighted by Crippen LogP contribution is -2.12. The average Bonchev–Trinajstić information content (AvgIpc) is 2.43. The zero-order valence-electron chi connectivity index (χ0n) is 11.5. The van der Waals surface area contributed by atoms with Gasteiger partial charge in [0.25, 0.3) is 0 Å². The molecule has 0 amide bonds. The third kappa shape index (κ3) is 5.12. The van der Waals surface area contributed by atoms with Gasteiger partial charge in [0, 0.05) is 6.42 Å². The van der Waals surface area contributed by atoms with E-state index in [1.54, 1.807) is 31.2 Å². The first-order valence-corrected chi connectivity index (χ1v) is 6.65. The van der Waals surface area contributed by atoms with Crippen molar-refractivity contribution >= 4 is 11.9 Å². The summed E-state index contributed by atoms with van der Waals surface area (Å²) in [5.41, 5.74) is 0.292. The number of rotatable bonds is 7. The second-order valence-electron chi connectivity index (χ2n) is 4.17. The molecule has 0 bridgehead atoms. The third-order valence-corrected chi connectivity index (χ3v) is 2.60. The highest BCUT2D eigenvalue weighted by Crippen LogP contribution is 2.19. The van der Waals surface area contributed by atoms with E-state index in [9.17, 15) is 9.59 Å². The van der Waals surface area contributed by atoms with Crippen molar-refractivity contribution < 1.29 is 19.1 Å². The summed E-state index contributed by atoms with van der Waals surface area (Å²) in [5.74, 6) is -0.559. The van der Waals surface area contributed by atoms with Crippen molar-refractivity contribution in [2.75, 3.05) is 6.61 Å². The number of benzene rings is 1. The molecule has 0 fully saturated rings. The first-order chi connectivity index (χ1) is 9.19. The topological polar surface area (TPSA) is 52.6 Å². The summed E-state index contributed by atoms with van der Waals surface area (Å²) in [7, 11) is 0. The fourth-order valence-electron chi connectivity index (χ4n) is 1.51. The van der Waals surface area contributed by atoms with E-state index >= 15 is 0 Å². The van der Waals surface area contributed by atoms with Gasteiger partial charge < -0.3 is 9.47 Å². The minimum atomic E-state index is -0.449. The van der Waals surface area contributed by atoms with Crippen molar-refractivity contribution in [2.45, 2.75) is 39.5 Å².